The highest BCUT2D eigenvalue weighted by molar-refractivity contribution is 6.37. The van der Waals surface area contributed by atoms with Crippen molar-refractivity contribution in [3.63, 3.8) is 0 Å². The molecule has 0 bridgehead atoms. The SMILES string of the molecule is O=C(c1ccccc1)c1ccc(OCCOc2ccc(NC(=O)c3ccc(Cl)cc3Cl)c(C(=O)O)c2)cc1. The molecule has 0 unspecified atom stereocenters. The molecule has 0 radical (unpaired) electrons. The molecular formula is C29H21Cl2NO6. The van der Waals surface area contributed by atoms with E-state index in [2.05, 4.69) is 5.32 Å². The Kier molecular flexibility index (Phi) is 8.63. The Morgan fingerprint density at radius 1 is 0.711 bits per heavy atom. The summed E-state index contributed by atoms with van der Waals surface area (Å²) in [5, 5.41) is 12.7. The first-order chi connectivity index (χ1) is 18.3. The molecule has 4 rings (SSSR count). The predicted molar refractivity (Wildman–Crippen MR) is 145 cm³/mol. The second-order valence-corrected chi connectivity index (χ2v) is 8.85. The van der Waals surface area contributed by atoms with Gasteiger partial charge < -0.3 is 19.9 Å². The molecule has 2 N–H and O–H groups in total. The van der Waals surface area contributed by atoms with Crippen molar-refractivity contribution in [1.29, 1.82) is 0 Å². The lowest BCUT2D eigenvalue weighted by Crippen LogP contribution is -2.15. The van der Waals surface area contributed by atoms with Gasteiger partial charge in [0.15, 0.2) is 5.78 Å². The van der Waals surface area contributed by atoms with Gasteiger partial charge in [0.2, 0.25) is 0 Å². The quantitative estimate of drug-likeness (QED) is 0.170. The molecule has 0 saturated heterocycles. The number of benzene rings is 4. The summed E-state index contributed by atoms with van der Waals surface area (Å²) in [5.41, 5.74) is 1.24. The number of aromatic carboxylic acids is 1. The number of amides is 1. The predicted octanol–water partition coefficient (Wildman–Crippen LogP) is 6.63. The zero-order valence-corrected chi connectivity index (χ0v) is 21.3. The van der Waals surface area contributed by atoms with Gasteiger partial charge >= 0.3 is 5.97 Å². The van der Waals surface area contributed by atoms with E-state index < -0.39 is 11.9 Å². The van der Waals surface area contributed by atoms with E-state index in [1.54, 1.807) is 36.4 Å². The molecule has 0 aliphatic heterocycles. The van der Waals surface area contributed by atoms with Crippen molar-refractivity contribution < 1.29 is 29.0 Å². The number of carbonyl (C=O) groups is 3. The van der Waals surface area contributed by atoms with Gasteiger partial charge in [-0.3, -0.25) is 9.59 Å². The van der Waals surface area contributed by atoms with E-state index in [0.29, 0.717) is 21.9 Å². The second-order valence-electron chi connectivity index (χ2n) is 8.01. The number of hydrogen-bond donors (Lipinski definition) is 2. The summed E-state index contributed by atoms with van der Waals surface area (Å²) >= 11 is 11.9. The van der Waals surface area contributed by atoms with Crippen LogP contribution in [-0.4, -0.2) is 36.0 Å². The van der Waals surface area contributed by atoms with Crippen LogP contribution in [0, 0.1) is 0 Å². The molecule has 0 saturated carbocycles. The molecule has 4 aromatic carbocycles. The van der Waals surface area contributed by atoms with E-state index in [4.69, 9.17) is 32.7 Å². The number of ether oxygens (including phenoxy) is 2. The van der Waals surface area contributed by atoms with Crippen molar-refractivity contribution in [2.45, 2.75) is 0 Å². The second kappa shape index (κ2) is 12.3. The van der Waals surface area contributed by atoms with Crippen LogP contribution in [0.1, 0.15) is 36.6 Å². The van der Waals surface area contributed by atoms with Crippen LogP contribution in [-0.2, 0) is 0 Å². The number of hydrogen-bond acceptors (Lipinski definition) is 5. The lowest BCUT2D eigenvalue weighted by molar-refractivity contribution is 0.0697. The van der Waals surface area contributed by atoms with Crippen LogP contribution in [0.5, 0.6) is 11.5 Å². The molecule has 0 aliphatic carbocycles. The molecule has 1 amide bonds. The number of nitrogens with one attached hydrogen (secondary N) is 1. The van der Waals surface area contributed by atoms with Gasteiger partial charge in [-0.15, -0.1) is 0 Å². The standard InChI is InChI=1S/C29H21Cl2NO6/c30-20-8-12-23(25(31)16-20)28(34)32-26-13-11-22(17-24(26)29(35)36)38-15-14-37-21-9-6-19(7-10-21)27(33)18-4-2-1-3-5-18/h1-13,16-17H,14-15H2,(H,32,34)(H,35,36). The number of carboxylic acids is 1. The first-order valence-corrected chi connectivity index (χ1v) is 12.2. The van der Waals surface area contributed by atoms with Crippen LogP contribution in [0.25, 0.3) is 0 Å². The molecule has 0 aliphatic rings. The summed E-state index contributed by atoms with van der Waals surface area (Å²) in [6.45, 7) is 0.317. The first kappa shape index (κ1) is 26.7. The van der Waals surface area contributed by atoms with Gasteiger partial charge in [-0.2, -0.15) is 0 Å². The van der Waals surface area contributed by atoms with Gasteiger partial charge in [-0.05, 0) is 60.7 Å². The number of halogens is 2. The molecule has 7 nitrogen and oxygen atoms in total. The van der Waals surface area contributed by atoms with Gasteiger partial charge in [-0.25, -0.2) is 4.79 Å². The molecule has 9 heteroatoms. The maximum absolute atomic E-state index is 12.6. The number of carboxylic acid groups (broad SMARTS) is 1. The number of ketones is 1. The fraction of sp³-hybridized carbons (Fsp3) is 0.0690. The van der Waals surface area contributed by atoms with Gasteiger partial charge in [0.1, 0.15) is 24.7 Å². The number of rotatable bonds is 10. The largest absolute Gasteiger partial charge is 0.490 e. The van der Waals surface area contributed by atoms with Crippen molar-refractivity contribution in [2.75, 3.05) is 18.5 Å². The van der Waals surface area contributed by atoms with Crippen molar-refractivity contribution >= 4 is 46.5 Å². The highest BCUT2D eigenvalue weighted by Crippen LogP contribution is 2.26. The van der Waals surface area contributed by atoms with Crippen LogP contribution in [0.3, 0.4) is 0 Å². The zero-order valence-electron chi connectivity index (χ0n) is 19.8. The van der Waals surface area contributed by atoms with Crippen LogP contribution < -0.4 is 14.8 Å². The van der Waals surface area contributed by atoms with E-state index in [0.717, 1.165) is 0 Å². The molecule has 0 spiro atoms. The van der Waals surface area contributed by atoms with Crippen molar-refractivity contribution in [3.8, 4) is 11.5 Å². The Labute approximate surface area is 228 Å². The van der Waals surface area contributed by atoms with Crippen LogP contribution in [0.4, 0.5) is 5.69 Å². The van der Waals surface area contributed by atoms with Crippen LogP contribution in [0.15, 0.2) is 91.0 Å². The topological polar surface area (TPSA) is 102 Å². The Morgan fingerprint density at radius 2 is 1.34 bits per heavy atom. The molecule has 0 aromatic heterocycles. The third-order valence-corrected chi connectivity index (χ3v) is 5.97. The molecule has 4 aromatic rings. The third-order valence-electron chi connectivity index (χ3n) is 5.42. The Bertz CT molecular complexity index is 1470. The Balaban J connectivity index is 1.32. The number of anilines is 1. The summed E-state index contributed by atoms with van der Waals surface area (Å²) in [5.74, 6) is -1.05. The van der Waals surface area contributed by atoms with E-state index in [1.807, 2.05) is 18.2 Å². The monoisotopic (exact) mass is 549 g/mol. The minimum absolute atomic E-state index is 0.0781. The molecule has 0 fully saturated rings. The smallest absolute Gasteiger partial charge is 0.337 e. The van der Waals surface area contributed by atoms with Crippen LogP contribution >= 0.6 is 23.2 Å². The molecule has 38 heavy (non-hydrogen) atoms. The highest BCUT2D eigenvalue weighted by atomic mass is 35.5. The van der Waals surface area contributed by atoms with Crippen molar-refractivity contribution in [3.05, 3.63) is 123 Å². The fourth-order valence-corrected chi connectivity index (χ4v) is 4.03. The van der Waals surface area contributed by atoms with E-state index in [1.165, 1.54) is 36.4 Å². The molecule has 192 valence electrons. The Hall–Kier alpha value is -4.33. The maximum atomic E-state index is 12.6. The van der Waals surface area contributed by atoms with Gasteiger partial charge in [-0.1, -0.05) is 53.5 Å². The van der Waals surface area contributed by atoms with E-state index >= 15 is 0 Å². The Morgan fingerprint density at radius 3 is 2.00 bits per heavy atom. The van der Waals surface area contributed by atoms with E-state index in [9.17, 15) is 19.5 Å². The van der Waals surface area contributed by atoms with Gasteiger partial charge in [0, 0.05) is 16.1 Å². The average Bonchev–Trinajstić information content (AvgIpc) is 2.92. The lowest BCUT2D eigenvalue weighted by Gasteiger charge is -2.13. The van der Waals surface area contributed by atoms with E-state index in [-0.39, 0.29) is 46.6 Å². The summed E-state index contributed by atoms with van der Waals surface area (Å²) in [6, 6.07) is 24.4. The highest BCUT2D eigenvalue weighted by Gasteiger charge is 2.17. The normalized spacial score (nSPS) is 10.5. The summed E-state index contributed by atoms with van der Waals surface area (Å²) in [6.07, 6.45) is 0. The fourth-order valence-electron chi connectivity index (χ4n) is 3.54. The molecular weight excluding hydrogens is 529 g/mol. The van der Waals surface area contributed by atoms with Gasteiger partial charge in [0.05, 0.1) is 21.8 Å². The van der Waals surface area contributed by atoms with Crippen molar-refractivity contribution in [1.82, 2.24) is 0 Å². The molecule has 0 atom stereocenters. The summed E-state index contributed by atoms with van der Waals surface area (Å²) in [7, 11) is 0. The molecule has 0 heterocycles. The first-order valence-electron chi connectivity index (χ1n) is 11.4. The summed E-state index contributed by atoms with van der Waals surface area (Å²) < 4.78 is 11.3. The minimum Gasteiger partial charge on any atom is -0.490 e. The summed E-state index contributed by atoms with van der Waals surface area (Å²) in [4.78, 5) is 36.9. The third kappa shape index (κ3) is 6.70. The minimum atomic E-state index is -1.24. The van der Waals surface area contributed by atoms with Gasteiger partial charge in [0.25, 0.3) is 5.91 Å². The van der Waals surface area contributed by atoms with Crippen LogP contribution in [0.2, 0.25) is 10.0 Å². The van der Waals surface area contributed by atoms with Crippen molar-refractivity contribution in [2.24, 2.45) is 0 Å². The maximum Gasteiger partial charge on any atom is 0.337 e. The lowest BCUT2D eigenvalue weighted by atomic mass is 10.0. The average molecular weight is 550 g/mol. The number of carbonyl (C=O) groups excluding carboxylic acids is 2. The zero-order chi connectivity index (χ0) is 27.1.